The van der Waals surface area contributed by atoms with Crippen LogP contribution in [0, 0.1) is 5.92 Å². The second kappa shape index (κ2) is 6.12. The van der Waals surface area contributed by atoms with Crippen molar-refractivity contribution in [2.24, 2.45) is 5.92 Å². The predicted octanol–water partition coefficient (Wildman–Crippen LogP) is 3.72. The van der Waals surface area contributed by atoms with E-state index in [0.29, 0.717) is 17.7 Å². The Labute approximate surface area is 125 Å². The van der Waals surface area contributed by atoms with Crippen molar-refractivity contribution in [1.82, 2.24) is 9.97 Å². The van der Waals surface area contributed by atoms with E-state index in [4.69, 9.17) is 5.73 Å². The number of benzene rings is 1. The minimum Gasteiger partial charge on any atom is -0.384 e. The van der Waals surface area contributed by atoms with Gasteiger partial charge in [0, 0.05) is 17.7 Å². The van der Waals surface area contributed by atoms with E-state index in [1.54, 1.807) is 0 Å². The fourth-order valence-corrected chi connectivity index (χ4v) is 3.03. The molecule has 0 radical (unpaired) electrons. The second-order valence-electron chi connectivity index (χ2n) is 5.98. The number of nitrogen functional groups attached to an aromatic ring is 1. The Bertz CT molecular complexity index is 597. The van der Waals surface area contributed by atoms with Crippen LogP contribution < -0.4 is 11.1 Å². The highest BCUT2D eigenvalue weighted by Crippen LogP contribution is 2.26. The Morgan fingerprint density at radius 2 is 1.95 bits per heavy atom. The molecule has 1 saturated carbocycles. The van der Waals surface area contributed by atoms with Gasteiger partial charge in [0.05, 0.1) is 0 Å². The monoisotopic (exact) mass is 282 g/mol. The van der Waals surface area contributed by atoms with E-state index in [2.05, 4.69) is 22.2 Å². The highest BCUT2D eigenvalue weighted by atomic mass is 15.1. The van der Waals surface area contributed by atoms with E-state index in [1.807, 2.05) is 36.4 Å². The SMILES string of the molecule is CC1CCCC(Nc2cc(N)nc(-c3ccccc3)n2)C1. The molecule has 110 valence electrons. The average Bonchev–Trinajstić information content (AvgIpc) is 2.47. The highest BCUT2D eigenvalue weighted by Gasteiger charge is 2.19. The molecule has 2 unspecified atom stereocenters. The zero-order valence-corrected chi connectivity index (χ0v) is 12.4. The lowest BCUT2D eigenvalue weighted by molar-refractivity contribution is 0.358. The quantitative estimate of drug-likeness (QED) is 0.900. The minimum atomic E-state index is 0.492. The van der Waals surface area contributed by atoms with Gasteiger partial charge in [0.1, 0.15) is 11.6 Å². The summed E-state index contributed by atoms with van der Waals surface area (Å²) in [5, 5.41) is 3.53. The van der Waals surface area contributed by atoms with Gasteiger partial charge < -0.3 is 11.1 Å². The van der Waals surface area contributed by atoms with E-state index in [9.17, 15) is 0 Å². The third kappa shape index (κ3) is 3.51. The predicted molar refractivity (Wildman–Crippen MR) is 86.9 cm³/mol. The van der Waals surface area contributed by atoms with Crippen molar-refractivity contribution in [1.29, 1.82) is 0 Å². The summed E-state index contributed by atoms with van der Waals surface area (Å²) in [5.74, 6) is 2.81. The number of rotatable bonds is 3. The van der Waals surface area contributed by atoms with Crippen LogP contribution in [0.15, 0.2) is 36.4 Å². The molecular weight excluding hydrogens is 260 g/mol. The molecule has 4 nitrogen and oxygen atoms in total. The summed E-state index contributed by atoms with van der Waals surface area (Å²) in [6, 6.07) is 12.3. The van der Waals surface area contributed by atoms with Crippen molar-refractivity contribution >= 4 is 11.6 Å². The average molecular weight is 282 g/mol. The molecule has 1 aliphatic rings. The van der Waals surface area contributed by atoms with Crippen molar-refractivity contribution in [3.63, 3.8) is 0 Å². The summed E-state index contributed by atoms with van der Waals surface area (Å²) < 4.78 is 0. The van der Waals surface area contributed by atoms with Gasteiger partial charge in [-0.2, -0.15) is 0 Å². The van der Waals surface area contributed by atoms with Gasteiger partial charge in [-0.05, 0) is 18.8 Å². The fourth-order valence-electron chi connectivity index (χ4n) is 3.03. The Balaban J connectivity index is 1.81. The van der Waals surface area contributed by atoms with Gasteiger partial charge in [0.15, 0.2) is 5.82 Å². The lowest BCUT2D eigenvalue weighted by Crippen LogP contribution is -2.26. The number of hydrogen-bond acceptors (Lipinski definition) is 4. The fraction of sp³-hybridized carbons (Fsp3) is 0.412. The van der Waals surface area contributed by atoms with Crippen LogP contribution in [0.2, 0.25) is 0 Å². The number of hydrogen-bond donors (Lipinski definition) is 2. The van der Waals surface area contributed by atoms with Crippen molar-refractivity contribution in [3.05, 3.63) is 36.4 Å². The number of nitrogens with zero attached hydrogens (tertiary/aromatic N) is 2. The van der Waals surface area contributed by atoms with Crippen LogP contribution in [-0.2, 0) is 0 Å². The topological polar surface area (TPSA) is 63.8 Å². The van der Waals surface area contributed by atoms with E-state index >= 15 is 0 Å². The first kappa shape index (κ1) is 13.9. The summed E-state index contributed by atoms with van der Waals surface area (Å²) in [5.41, 5.74) is 6.93. The summed E-state index contributed by atoms with van der Waals surface area (Å²) in [7, 11) is 0. The molecule has 0 aliphatic heterocycles. The maximum atomic E-state index is 5.94. The molecule has 0 bridgehead atoms. The lowest BCUT2D eigenvalue weighted by Gasteiger charge is -2.28. The summed E-state index contributed by atoms with van der Waals surface area (Å²) in [6.45, 7) is 2.32. The number of aromatic nitrogens is 2. The largest absolute Gasteiger partial charge is 0.384 e. The molecule has 2 aromatic rings. The number of nitrogens with one attached hydrogen (secondary N) is 1. The lowest BCUT2D eigenvalue weighted by atomic mass is 9.87. The third-order valence-corrected chi connectivity index (χ3v) is 4.07. The first-order chi connectivity index (χ1) is 10.2. The van der Waals surface area contributed by atoms with E-state index in [0.717, 1.165) is 17.3 Å². The van der Waals surface area contributed by atoms with Crippen LogP contribution in [0.4, 0.5) is 11.6 Å². The first-order valence-electron chi connectivity index (χ1n) is 7.67. The number of anilines is 2. The van der Waals surface area contributed by atoms with Crippen molar-refractivity contribution in [3.8, 4) is 11.4 Å². The van der Waals surface area contributed by atoms with Crippen molar-refractivity contribution in [2.75, 3.05) is 11.1 Å². The summed E-state index contributed by atoms with van der Waals surface area (Å²) in [4.78, 5) is 8.96. The van der Waals surface area contributed by atoms with Crippen molar-refractivity contribution in [2.45, 2.75) is 38.6 Å². The highest BCUT2D eigenvalue weighted by molar-refractivity contribution is 5.60. The maximum absolute atomic E-state index is 5.94. The molecule has 1 aromatic carbocycles. The van der Waals surface area contributed by atoms with E-state index in [1.165, 1.54) is 25.7 Å². The van der Waals surface area contributed by atoms with Crippen LogP contribution >= 0.6 is 0 Å². The molecule has 3 rings (SSSR count). The van der Waals surface area contributed by atoms with Crippen LogP contribution in [0.25, 0.3) is 11.4 Å². The van der Waals surface area contributed by atoms with Crippen molar-refractivity contribution < 1.29 is 0 Å². The van der Waals surface area contributed by atoms with Crippen LogP contribution in [0.5, 0.6) is 0 Å². The van der Waals surface area contributed by atoms with Gasteiger partial charge in [0.2, 0.25) is 0 Å². The van der Waals surface area contributed by atoms with Crippen LogP contribution in [-0.4, -0.2) is 16.0 Å². The van der Waals surface area contributed by atoms with Crippen LogP contribution in [0.3, 0.4) is 0 Å². The van der Waals surface area contributed by atoms with Gasteiger partial charge >= 0.3 is 0 Å². The van der Waals surface area contributed by atoms with Gasteiger partial charge in [-0.25, -0.2) is 9.97 Å². The van der Waals surface area contributed by atoms with E-state index in [-0.39, 0.29) is 0 Å². The molecule has 0 spiro atoms. The van der Waals surface area contributed by atoms with Crippen LogP contribution in [0.1, 0.15) is 32.6 Å². The van der Waals surface area contributed by atoms with Gasteiger partial charge in [0.25, 0.3) is 0 Å². The molecule has 21 heavy (non-hydrogen) atoms. The van der Waals surface area contributed by atoms with Gasteiger partial charge in [-0.15, -0.1) is 0 Å². The Hall–Kier alpha value is -2.10. The van der Waals surface area contributed by atoms with Gasteiger partial charge in [-0.1, -0.05) is 50.1 Å². The standard InChI is InChI=1S/C17H22N4/c1-12-6-5-9-14(10-12)19-16-11-15(18)20-17(21-16)13-7-3-2-4-8-13/h2-4,7-8,11-12,14H,5-6,9-10H2,1H3,(H3,18,19,20,21). The maximum Gasteiger partial charge on any atom is 0.163 e. The van der Waals surface area contributed by atoms with Gasteiger partial charge in [-0.3, -0.25) is 0 Å². The molecule has 1 heterocycles. The van der Waals surface area contributed by atoms with E-state index < -0.39 is 0 Å². The Morgan fingerprint density at radius 3 is 2.71 bits per heavy atom. The normalized spacial score (nSPS) is 22.0. The molecule has 0 amide bonds. The molecule has 1 fully saturated rings. The molecule has 3 N–H and O–H groups in total. The zero-order chi connectivity index (χ0) is 14.7. The number of nitrogens with two attached hydrogens (primary N) is 1. The molecule has 4 heteroatoms. The molecular formula is C17H22N4. The third-order valence-electron chi connectivity index (χ3n) is 4.07. The summed E-state index contributed by atoms with van der Waals surface area (Å²) in [6.07, 6.45) is 5.02. The minimum absolute atomic E-state index is 0.492. The Morgan fingerprint density at radius 1 is 1.14 bits per heavy atom. The zero-order valence-electron chi connectivity index (χ0n) is 12.4. The Kier molecular flexibility index (Phi) is 4.04. The smallest absolute Gasteiger partial charge is 0.163 e. The first-order valence-corrected chi connectivity index (χ1v) is 7.67. The second-order valence-corrected chi connectivity index (χ2v) is 5.98. The molecule has 1 aliphatic carbocycles. The molecule has 2 atom stereocenters. The molecule has 1 aromatic heterocycles. The molecule has 0 saturated heterocycles. The summed E-state index contributed by atoms with van der Waals surface area (Å²) >= 11 is 0.